The van der Waals surface area contributed by atoms with Gasteiger partial charge in [0.1, 0.15) is 0 Å². The SMILES string of the molecule is O=C(CSCc1cccs1)NCC1(O)CCCCC1. The molecule has 1 heterocycles. The fraction of sp³-hybridized carbons (Fsp3) is 0.643. The Balaban J connectivity index is 1.61. The molecule has 1 aliphatic carbocycles. The van der Waals surface area contributed by atoms with Gasteiger partial charge in [-0.15, -0.1) is 23.1 Å². The molecule has 0 atom stereocenters. The van der Waals surface area contributed by atoms with Crippen LogP contribution in [-0.2, 0) is 10.5 Å². The number of amides is 1. The number of hydrogen-bond donors (Lipinski definition) is 2. The molecule has 1 aliphatic rings. The van der Waals surface area contributed by atoms with Crippen LogP contribution in [0.4, 0.5) is 0 Å². The van der Waals surface area contributed by atoms with Gasteiger partial charge in [0.25, 0.3) is 0 Å². The molecule has 2 N–H and O–H groups in total. The summed E-state index contributed by atoms with van der Waals surface area (Å²) in [5.41, 5.74) is -0.660. The van der Waals surface area contributed by atoms with Gasteiger partial charge >= 0.3 is 0 Å². The maximum absolute atomic E-state index is 11.7. The van der Waals surface area contributed by atoms with E-state index in [1.54, 1.807) is 23.1 Å². The van der Waals surface area contributed by atoms with Crippen LogP contribution in [0.3, 0.4) is 0 Å². The highest BCUT2D eigenvalue weighted by molar-refractivity contribution is 7.99. The second-order valence-corrected chi connectivity index (χ2v) is 7.15. The molecule has 1 saturated carbocycles. The van der Waals surface area contributed by atoms with E-state index in [2.05, 4.69) is 16.8 Å². The van der Waals surface area contributed by atoms with Gasteiger partial charge in [0.2, 0.25) is 5.91 Å². The smallest absolute Gasteiger partial charge is 0.230 e. The Morgan fingerprint density at radius 2 is 2.21 bits per heavy atom. The van der Waals surface area contributed by atoms with E-state index in [9.17, 15) is 9.90 Å². The van der Waals surface area contributed by atoms with E-state index in [1.807, 2.05) is 6.07 Å². The number of carbonyl (C=O) groups excluding carboxylic acids is 1. The molecule has 0 bridgehead atoms. The molecule has 0 aliphatic heterocycles. The van der Waals surface area contributed by atoms with Gasteiger partial charge in [-0.05, 0) is 24.3 Å². The van der Waals surface area contributed by atoms with Gasteiger partial charge in [0.05, 0.1) is 11.4 Å². The lowest BCUT2D eigenvalue weighted by atomic mass is 9.85. The van der Waals surface area contributed by atoms with Gasteiger partial charge < -0.3 is 10.4 Å². The summed E-state index contributed by atoms with van der Waals surface area (Å²) in [5, 5.41) is 15.2. The van der Waals surface area contributed by atoms with Gasteiger partial charge in [-0.25, -0.2) is 0 Å². The Hall–Kier alpha value is -0.520. The molecular weight excluding hydrogens is 278 g/mol. The van der Waals surface area contributed by atoms with Crippen LogP contribution in [0.5, 0.6) is 0 Å². The minimum absolute atomic E-state index is 0.0283. The van der Waals surface area contributed by atoms with Gasteiger partial charge in [0, 0.05) is 17.2 Å². The van der Waals surface area contributed by atoms with Crippen molar-refractivity contribution in [2.24, 2.45) is 0 Å². The zero-order valence-electron chi connectivity index (χ0n) is 11.1. The van der Waals surface area contributed by atoms with Gasteiger partial charge in [0.15, 0.2) is 0 Å². The predicted octanol–water partition coefficient (Wildman–Crippen LogP) is 2.79. The topological polar surface area (TPSA) is 49.3 Å². The molecule has 5 heteroatoms. The molecule has 1 aromatic heterocycles. The summed E-state index contributed by atoms with van der Waals surface area (Å²) in [6, 6.07) is 4.11. The minimum atomic E-state index is -0.660. The van der Waals surface area contributed by atoms with E-state index < -0.39 is 5.60 Å². The number of rotatable bonds is 6. The first-order chi connectivity index (χ1) is 9.18. The van der Waals surface area contributed by atoms with Crippen LogP contribution in [-0.4, -0.2) is 28.9 Å². The van der Waals surface area contributed by atoms with E-state index >= 15 is 0 Å². The number of carbonyl (C=O) groups is 1. The molecule has 1 aromatic rings. The standard InChI is InChI=1S/C14H21NO2S2/c16-13(10-18-9-12-5-4-8-19-12)15-11-14(17)6-2-1-3-7-14/h4-5,8,17H,1-3,6-7,9-11H2,(H,15,16). The van der Waals surface area contributed by atoms with Crippen LogP contribution in [0.2, 0.25) is 0 Å². The second-order valence-electron chi connectivity index (χ2n) is 5.13. The lowest BCUT2D eigenvalue weighted by Crippen LogP contribution is -2.44. The lowest BCUT2D eigenvalue weighted by molar-refractivity contribution is -0.120. The van der Waals surface area contributed by atoms with Crippen molar-refractivity contribution in [1.29, 1.82) is 0 Å². The first kappa shape index (κ1) is 14.9. The van der Waals surface area contributed by atoms with Crippen molar-refractivity contribution in [3.05, 3.63) is 22.4 Å². The number of aliphatic hydroxyl groups is 1. The average Bonchev–Trinajstić information content (AvgIpc) is 2.91. The highest BCUT2D eigenvalue weighted by Crippen LogP contribution is 2.27. The Kier molecular flexibility index (Phi) is 5.73. The first-order valence-electron chi connectivity index (χ1n) is 6.77. The van der Waals surface area contributed by atoms with E-state index in [0.717, 1.165) is 31.4 Å². The quantitative estimate of drug-likeness (QED) is 0.849. The second kappa shape index (κ2) is 7.31. The third-order valence-corrected chi connectivity index (χ3v) is 5.50. The molecule has 0 unspecified atom stereocenters. The van der Waals surface area contributed by atoms with E-state index in [1.165, 1.54) is 11.3 Å². The molecule has 0 spiro atoms. The Morgan fingerprint density at radius 1 is 1.42 bits per heavy atom. The Bertz CT molecular complexity index is 386. The summed E-state index contributed by atoms with van der Waals surface area (Å²) in [7, 11) is 0. The summed E-state index contributed by atoms with van der Waals surface area (Å²) in [5.74, 6) is 1.38. The molecule has 0 aromatic carbocycles. The van der Waals surface area contributed by atoms with Crippen molar-refractivity contribution in [1.82, 2.24) is 5.32 Å². The monoisotopic (exact) mass is 299 g/mol. The average molecular weight is 299 g/mol. The third-order valence-electron chi connectivity index (χ3n) is 3.46. The lowest BCUT2D eigenvalue weighted by Gasteiger charge is -2.32. The van der Waals surface area contributed by atoms with Crippen molar-refractivity contribution in [2.75, 3.05) is 12.3 Å². The van der Waals surface area contributed by atoms with Crippen LogP contribution in [0.1, 0.15) is 37.0 Å². The minimum Gasteiger partial charge on any atom is -0.388 e. The molecule has 2 rings (SSSR count). The van der Waals surface area contributed by atoms with Crippen LogP contribution in [0.25, 0.3) is 0 Å². The molecule has 0 radical (unpaired) electrons. The number of hydrogen-bond acceptors (Lipinski definition) is 4. The molecule has 1 fully saturated rings. The Labute approximate surface area is 122 Å². The summed E-state index contributed by atoms with van der Waals surface area (Å²) in [6.45, 7) is 0.408. The van der Waals surface area contributed by atoms with Crippen molar-refractivity contribution in [3.63, 3.8) is 0 Å². The third kappa shape index (κ3) is 5.16. The highest BCUT2D eigenvalue weighted by atomic mass is 32.2. The number of nitrogens with one attached hydrogen (secondary N) is 1. The maximum atomic E-state index is 11.7. The van der Waals surface area contributed by atoms with Gasteiger partial charge in [-0.3, -0.25) is 4.79 Å². The van der Waals surface area contributed by atoms with E-state index in [0.29, 0.717) is 12.3 Å². The molecule has 19 heavy (non-hydrogen) atoms. The van der Waals surface area contributed by atoms with Crippen molar-refractivity contribution < 1.29 is 9.90 Å². The zero-order chi connectivity index (χ0) is 13.6. The number of thioether (sulfide) groups is 1. The number of thiophene rings is 1. The van der Waals surface area contributed by atoms with Crippen LogP contribution in [0, 0.1) is 0 Å². The zero-order valence-corrected chi connectivity index (χ0v) is 12.7. The molecule has 1 amide bonds. The normalized spacial score (nSPS) is 18.2. The summed E-state index contributed by atoms with van der Waals surface area (Å²) < 4.78 is 0. The highest BCUT2D eigenvalue weighted by Gasteiger charge is 2.29. The van der Waals surface area contributed by atoms with Crippen LogP contribution < -0.4 is 5.32 Å². The summed E-state index contributed by atoms with van der Waals surface area (Å²) in [6.07, 6.45) is 4.97. The van der Waals surface area contributed by atoms with Crippen LogP contribution >= 0.6 is 23.1 Å². The van der Waals surface area contributed by atoms with Crippen molar-refractivity contribution in [3.8, 4) is 0 Å². The first-order valence-corrected chi connectivity index (χ1v) is 8.81. The van der Waals surface area contributed by atoms with Gasteiger partial charge in [-0.1, -0.05) is 25.3 Å². The molecular formula is C14H21NO2S2. The van der Waals surface area contributed by atoms with E-state index in [-0.39, 0.29) is 5.91 Å². The molecule has 106 valence electrons. The largest absolute Gasteiger partial charge is 0.388 e. The molecule has 3 nitrogen and oxygen atoms in total. The Morgan fingerprint density at radius 3 is 2.89 bits per heavy atom. The van der Waals surface area contributed by atoms with Crippen LogP contribution in [0.15, 0.2) is 17.5 Å². The van der Waals surface area contributed by atoms with Gasteiger partial charge in [-0.2, -0.15) is 0 Å². The van der Waals surface area contributed by atoms with Crippen molar-refractivity contribution in [2.45, 2.75) is 43.5 Å². The summed E-state index contributed by atoms with van der Waals surface area (Å²) in [4.78, 5) is 13.0. The molecule has 0 saturated heterocycles. The van der Waals surface area contributed by atoms with Crippen molar-refractivity contribution >= 4 is 29.0 Å². The van der Waals surface area contributed by atoms with E-state index in [4.69, 9.17) is 0 Å². The predicted molar refractivity (Wildman–Crippen MR) is 81.5 cm³/mol. The fourth-order valence-corrected chi connectivity index (χ4v) is 4.04. The maximum Gasteiger partial charge on any atom is 0.230 e. The summed E-state index contributed by atoms with van der Waals surface area (Å²) >= 11 is 3.34. The fourth-order valence-electron chi connectivity index (χ4n) is 2.34.